The van der Waals surface area contributed by atoms with Crippen molar-refractivity contribution in [2.24, 2.45) is 30.7 Å². The summed E-state index contributed by atoms with van der Waals surface area (Å²) in [6, 6.07) is 27.2. The quantitative estimate of drug-likeness (QED) is 0.267. The van der Waals surface area contributed by atoms with Crippen molar-refractivity contribution in [1.82, 2.24) is 5.32 Å². The first-order chi connectivity index (χ1) is 17.9. The Morgan fingerprint density at radius 2 is 0.595 bits per heavy atom. The largest absolute Gasteiger partial charge is 0.323 e. The van der Waals surface area contributed by atoms with Crippen molar-refractivity contribution in [3.63, 3.8) is 0 Å². The molecule has 0 saturated heterocycles. The molecule has 4 aromatic rings. The second-order valence-corrected chi connectivity index (χ2v) is 8.61. The van der Waals surface area contributed by atoms with Crippen molar-refractivity contribution in [1.29, 1.82) is 0 Å². The van der Waals surface area contributed by atoms with Gasteiger partial charge in [0.2, 0.25) is 0 Å². The molecule has 4 aromatic carbocycles. The fraction of sp³-hybridized carbons (Fsp3) is 0.200. The molecule has 0 saturated carbocycles. The highest BCUT2D eigenvalue weighted by Crippen LogP contribution is 2.29. The molecule has 0 spiro atoms. The molecule has 0 aliphatic carbocycles. The van der Waals surface area contributed by atoms with Crippen LogP contribution < -0.4 is 5.32 Å². The fourth-order valence-electron chi connectivity index (χ4n) is 3.43. The lowest BCUT2D eigenvalue weighted by atomic mass is 10.1. The van der Waals surface area contributed by atoms with Gasteiger partial charge in [-0.3, -0.25) is 0 Å². The predicted molar refractivity (Wildman–Crippen MR) is 152 cm³/mol. The summed E-state index contributed by atoms with van der Waals surface area (Å²) in [5.74, 6) is 0. The Hall–Kier alpha value is -4.36. The standard InChI is InChI=1S/C28H26N6.C2H7N/c1-19-7-5-8-20(2)27(19)33-31-25-15-11-23(12-16-25)29-30-24-13-17-26(18-14-24)32-34-28-21(3)9-6-10-22(28)4;1-3-2/h5-18H,1-4H3;3H,1-2H3. The van der Waals surface area contributed by atoms with Gasteiger partial charge in [-0.1, -0.05) is 36.4 Å². The molecule has 0 heterocycles. The van der Waals surface area contributed by atoms with Crippen LogP contribution in [0.2, 0.25) is 0 Å². The normalized spacial score (nSPS) is 11.3. The number of aryl methyl sites for hydroxylation is 4. The van der Waals surface area contributed by atoms with E-state index in [1.807, 2.05) is 127 Å². The first-order valence-electron chi connectivity index (χ1n) is 12.1. The van der Waals surface area contributed by atoms with Crippen LogP contribution in [0.1, 0.15) is 22.3 Å². The molecule has 0 aromatic heterocycles. The maximum Gasteiger partial charge on any atom is 0.0915 e. The summed E-state index contributed by atoms with van der Waals surface area (Å²) in [5, 5.41) is 28.9. The minimum atomic E-state index is 0.741. The second-order valence-electron chi connectivity index (χ2n) is 8.61. The summed E-state index contributed by atoms with van der Waals surface area (Å²) in [4.78, 5) is 0. The smallest absolute Gasteiger partial charge is 0.0915 e. The number of benzene rings is 4. The van der Waals surface area contributed by atoms with Gasteiger partial charge in [0, 0.05) is 0 Å². The van der Waals surface area contributed by atoms with Crippen LogP contribution in [0.4, 0.5) is 34.1 Å². The third-order valence-corrected chi connectivity index (χ3v) is 5.39. The zero-order valence-electron chi connectivity index (χ0n) is 22.3. The van der Waals surface area contributed by atoms with Crippen LogP contribution in [-0.2, 0) is 0 Å². The van der Waals surface area contributed by atoms with Gasteiger partial charge >= 0.3 is 0 Å². The maximum atomic E-state index is 4.41. The molecule has 0 aliphatic rings. The fourth-order valence-corrected chi connectivity index (χ4v) is 3.43. The molecule has 7 nitrogen and oxygen atoms in total. The van der Waals surface area contributed by atoms with E-state index in [2.05, 4.69) is 36.0 Å². The van der Waals surface area contributed by atoms with Gasteiger partial charge in [-0.05, 0) is 113 Å². The summed E-state index contributed by atoms with van der Waals surface area (Å²) in [5.41, 5.74) is 9.24. The third-order valence-electron chi connectivity index (χ3n) is 5.39. The first kappa shape index (κ1) is 27.2. The lowest BCUT2D eigenvalue weighted by molar-refractivity contribution is 1.02. The summed E-state index contributed by atoms with van der Waals surface area (Å²) >= 11 is 0. The molecule has 0 unspecified atom stereocenters. The molecule has 188 valence electrons. The van der Waals surface area contributed by atoms with Crippen molar-refractivity contribution in [2.75, 3.05) is 14.1 Å². The Morgan fingerprint density at radius 1 is 0.378 bits per heavy atom. The molecule has 0 amide bonds. The zero-order chi connectivity index (χ0) is 26.6. The molecule has 37 heavy (non-hydrogen) atoms. The van der Waals surface area contributed by atoms with E-state index in [0.29, 0.717) is 0 Å². The summed E-state index contributed by atoms with van der Waals surface area (Å²) in [7, 11) is 3.75. The highest BCUT2D eigenvalue weighted by molar-refractivity contribution is 5.54. The summed E-state index contributed by atoms with van der Waals surface area (Å²) in [6.45, 7) is 8.13. The Bertz CT molecular complexity index is 1240. The van der Waals surface area contributed by atoms with Gasteiger partial charge in [0.25, 0.3) is 0 Å². The average molecular weight is 492 g/mol. The van der Waals surface area contributed by atoms with Gasteiger partial charge in [0.1, 0.15) is 0 Å². The van der Waals surface area contributed by atoms with Crippen LogP contribution in [-0.4, -0.2) is 14.1 Å². The zero-order valence-corrected chi connectivity index (χ0v) is 22.3. The number of rotatable bonds is 6. The van der Waals surface area contributed by atoms with Crippen LogP contribution in [0.5, 0.6) is 0 Å². The minimum absolute atomic E-state index is 0.741. The van der Waals surface area contributed by atoms with E-state index in [-0.39, 0.29) is 0 Å². The Morgan fingerprint density at radius 3 is 0.838 bits per heavy atom. The van der Waals surface area contributed by atoms with Crippen molar-refractivity contribution in [3.05, 3.63) is 107 Å². The molecule has 4 rings (SSSR count). The van der Waals surface area contributed by atoms with E-state index >= 15 is 0 Å². The van der Waals surface area contributed by atoms with Gasteiger partial charge in [-0.2, -0.15) is 30.7 Å². The van der Waals surface area contributed by atoms with E-state index in [9.17, 15) is 0 Å². The predicted octanol–water partition coefficient (Wildman–Crippen LogP) is 10.0. The van der Waals surface area contributed by atoms with Gasteiger partial charge in [0.05, 0.1) is 34.1 Å². The van der Waals surface area contributed by atoms with Gasteiger partial charge in [-0.15, -0.1) is 0 Å². The number of azo groups is 3. The first-order valence-corrected chi connectivity index (χ1v) is 12.1. The molecule has 0 radical (unpaired) electrons. The summed E-state index contributed by atoms with van der Waals surface area (Å²) < 4.78 is 0. The maximum absolute atomic E-state index is 4.41. The lowest BCUT2D eigenvalue weighted by Gasteiger charge is -2.02. The molecule has 1 N–H and O–H groups in total. The molecule has 0 atom stereocenters. The van der Waals surface area contributed by atoms with Crippen molar-refractivity contribution < 1.29 is 0 Å². The van der Waals surface area contributed by atoms with Crippen LogP contribution in [0.3, 0.4) is 0 Å². The van der Waals surface area contributed by atoms with Gasteiger partial charge in [0.15, 0.2) is 0 Å². The molecular weight excluding hydrogens is 458 g/mol. The van der Waals surface area contributed by atoms with Crippen LogP contribution in [0.25, 0.3) is 0 Å². The molecular formula is C30H33N7. The van der Waals surface area contributed by atoms with E-state index in [4.69, 9.17) is 0 Å². The Kier molecular flexibility index (Phi) is 10.0. The van der Waals surface area contributed by atoms with Crippen molar-refractivity contribution in [3.8, 4) is 0 Å². The molecule has 0 bridgehead atoms. The van der Waals surface area contributed by atoms with Gasteiger partial charge < -0.3 is 5.32 Å². The number of nitrogens with one attached hydrogen (secondary N) is 1. The SMILES string of the molecule is CNC.Cc1cccc(C)c1N=Nc1ccc(N=Nc2ccc(N=Nc3c(C)cccc3C)cc2)cc1. The minimum Gasteiger partial charge on any atom is -0.323 e. The highest BCUT2D eigenvalue weighted by Gasteiger charge is 2.01. The van der Waals surface area contributed by atoms with Crippen molar-refractivity contribution in [2.45, 2.75) is 27.7 Å². The lowest BCUT2D eigenvalue weighted by Crippen LogP contribution is -1.89. The molecule has 7 heteroatoms. The second kappa shape index (κ2) is 13.7. The average Bonchev–Trinajstić information content (AvgIpc) is 2.89. The van der Waals surface area contributed by atoms with Crippen molar-refractivity contribution >= 4 is 34.1 Å². The Balaban J connectivity index is 0.00000121. The number of nitrogens with zero attached hydrogens (tertiary/aromatic N) is 6. The Labute approximate surface area is 219 Å². The topological polar surface area (TPSA) is 86.2 Å². The van der Waals surface area contributed by atoms with E-state index < -0.39 is 0 Å². The van der Waals surface area contributed by atoms with Crippen LogP contribution in [0.15, 0.2) is 116 Å². The van der Waals surface area contributed by atoms with E-state index in [1.165, 1.54) is 0 Å². The summed E-state index contributed by atoms with van der Waals surface area (Å²) in [6.07, 6.45) is 0. The monoisotopic (exact) mass is 491 g/mol. The molecule has 0 fully saturated rings. The van der Waals surface area contributed by atoms with Crippen LogP contribution >= 0.6 is 0 Å². The number of hydrogen-bond donors (Lipinski definition) is 1. The van der Waals surface area contributed by atoms with Gasteiger partial charge in [-0.25, -0.2) is 0 Å². The van der Waals surface area contributed by atoms with Crippen LogP contribution in [0, 0.1) is 27.7 Å². The molecule has 0 aliphatic heterocycles. The highest BCUT2D eigenvalue weighted by atomic mass is 15.1. The van der Waals surface area contributed by atoms with E-state index in [0.717, 1.165) is 56.4 Å². The number of hydrogen-bond acceptors (Lipinski definition) is 7. The van der Waals surface area contributed by atoms with E-state index in [1.54, 1.807) is 0 Å². The third kappa shape index (κ3) is 8.08.